The average molecular weight is 375 g/mol. The Kier molecular flexibility index (Phi) is 7.36. The van der Waals surface area contributed by atoms with E-state index in [-0.39, 0.29) is 24.8 Å². The Hall–Kier alpha value is -2.87. The van der Waals surface area contributed by atoms with Crippen LogP contribution < -0.4 is 4.74 Å². The van der Waals surface area contributed by atoms with E-state index in [1.54, 1.807) is 10.9 Å². The molecule has 1 aromatic carbocycles. The van der Waals surface area contributed by atoms with E-state index in [1.807, 2.05) is 44.2 Å². The van der Waals surface area contributed by atoms with Crippen LogP contribution in [-0.2, 0) is 9.53 Å². The molecule has 0 radical (unpaired) electrons. The molecule has 2 aromatic rings. The molecule has 27 heavy (non-hydrogen) atoms. The summed E-state index contributed by atoms with van der Waals surface area (Å²) in [6.45, 7) is 4.34. The first-order chi connectivity index (χ1) is 12.9. The first-order valence-electron chi connectivity index (χ1n) is 8.70. The number of amides is 1. The van der Waals surface area contributed by atoms with Crippen molar-refractivity contribution in [1.82, 2.24) is 14.7 Å². The summed E-state index contributed by atoms with van der Waals surface area (Å²) in [5, 5.41) is 13.5. The van der Waals surface area contributed by atoms with Crippen molar-refractivity contribution in [3.63, 3.8) is 0 Å². The number of nitrogens with zero attached hydrogens (tertiary/aromatic N) is 3. The summed E-state index contributed by atoms with van der Waals surface area (Å²) in [6.07, 6.45) is 1.64. The van der Waals surface area contributed by atoms with Gasteiger partial charge in [0.2, 0.25) is 0 Å². The predicted octanol–water partition coefficient (Wildman–Crippen LogP) is 2.08. The molecule has 0 spiro atoms. The highest BCUT2D eigenvalue weighted by Gasteiger charge is 2.26. The molecule has 0 bridgehead atoms. The number of methoxy groups -OCH3 is 1. The highest BCUT2D eigenvalue weighted by molar-refractivity contribution is 5.96. The summed E-state index contributed by atoms with van der Waals surface area (Å²) in [6, 6.07) is 9.32. The molecule has 1 aromatic heterocycles. The number of hydrogen-bond acceptors (Lipinski definition) is 5. The lowest BCUT2D eigenvalue weighted by Gasteiger charge is -2.19. The van der Waals surface area contributed by atoms with Crippen LogP contribution in [0.15, 0.2) is 36.5 Å². The average Bonchev–Trinajstić information content (AvgIpc) is 3.07. The summed E-state index contributed by atoms with van der Waals surface area (Å²) in [5.74, 6) is -1.03. The van der Waals surface area contributed by atoms with Crippen LogP contribution in [0, 0.1) is 5.92 Å². The third-order valence-electron chi connectivity index (χ3n) is 3.65. The number of benzene rings is 1. The first kappa shape index (κ1) is 20.4. The largest absolute Gasteiger partial charge is 0.489 e. The molecule has 1 amide bonds. The van der Waals surface area contributed by atoms with E-state index in [0.717, 1.165) is 5.69 Å². The lowest BCUT2D eigenvalue weighted by Crippen LogP contribution is -2.38. The third-order valence-corrected chi connectivity index (χ3v) is 3.65. The molecule has 2 rings (SSSR count). The van der Waals surface area contributed by atoms with Crippen molar-refractivity contribution in [1.29, 1.82) is 0 Å². The zero-order chi connectivity index (χ0) is 19.8. The van der Waals surface area contributed by atoms with Crippen LogP contribution in [0.1, 0.15) is 24.3 Å². The second-order valence-electron chi connectivity index (χ2n) is 6.44. The summed E-state index contributed by atoms with van der Waals surface area (Å²) in [4.78, 5) is 25.3. The summed E-state index contributed by atoms with van der Waals surface area (Å²) in [7, 11) is 1.49. The Balaban J connectivity index is 2.36. The molecule has 8 nitrogen and oxygen atoms in total. The zero-order valence-electron chi connectivity index (χ0n) is 15.8. The number of carboxylic acids is 1. The Morgan fingerprint density at radius 2 is 1.96 bits per heavy atom. The molecule has 146 valence electrons. The molecule has 0 saturated carbocycles. The van der Waals surface area contributed by atoms with Crippen molar-refractivity contribution >= 4 is 11.9 Å². The topological polar surface area (TPSA) is 93.9 Å². The molecule has 1 heterocycles. The van der Waals surface area contributed by atoms with E-state index < -0.39 is 18.4 Å². The molecule has 0 unspecified atom stereocenters. The number of carbonyl (C=O) groups excluding carboxylic acids is 1. The Labute approximate surface area is 158 Å². The SMILES string of the molecule is COCCN(CC(=O)O)C(=O)c1nn(-c2ccccc2)cc1OCC(C)C. The Morgan fingerprint density at radius 3 is 2.56 bits per heavy atom. The van der Waals surface area contributed by atoms with E-state index in [0.29, 0.717) is 12.4 Å². The second-order valence-corrected chi connectivity index (χ2v) is 6.44. The van der Waals surface area contributed by atoms with Gasteiger partial charge in [-0.2, -0.15) is 5.10 Å². The van der Waals surface area contributed by atoms with Gasteiger partial charge in [-0.25, -0.2) is 4.68 Å². The van der Waals surface area contributed by atoms with E-state index in [4.69, 9.17) is 14.6 Å². The lowest BCUT2D eigenvalue weighted by atomic mass is 10.2. The predicted molar refractivity (Wildman–Crippen MR) is 99.3 cm³/mol. The van der Waals surface area contributed by atoms with Crippen LogP contribution in [0.4, 0.5) is 0 Å². The number of ether oxygens (including phenoxy) is 2. The number of para-hydroxylation sites is 1. The number of carboxylic acid groups (broad SMARTS) is 1. The molecule has 1 N–H and O–H groups in total. The van der Waals surface area contributed by atoms with Gasteiger partial charge < -0.3 is 19.5 Å². The number of aliphatic carboxylic acids is 1. The fourth-order valence-electron chi connectivity index (χ4n) is 2.35. The zero-order valence-corrected chi connectivity index (χ0v) is 15.8. The number of hydrogen-bond donors (Lipinski definition) is 1. The maximum atomic E-state index is 12.9. The molecule has 0 fully saturated rings. The lowest BCUT2D eigenvalue weighted by molar-refractivity contribution is -0.137. The number of aromatic nitrogens is 2. The van der Waals surface area contributed by atoms with Gasteiger partial charge in [0.25, 0.3) is 5.91 Å². The number of carbonyl (C=O) groups is 2. The molecular weight excluding hydrogens is 350 g/mol. The molecule has 0 aliphatic rings. The Bertz CT molecular complexity index is 758. The fraction of sp³-hybridized carbons (Fsp3) is 0.421. The number of rotatable bonds is 10. The normalized spacial score (nSPS) is 10.8. The van der Waals surface area contributed by atoms with Crippen molar-refractivity contribution < 1.29 is 24.2 Å². The van der Waals surface area contributed by atoms with Gasteiger partial charge in [-0.3, -0.25) is 9.59 Å². The van der Waals surface area contributed by atoms with Gasteiger partial charge in [0.15, 0.2) is 11.4 Å². The minimum Gasteiger partial charge on any atom is -0.489 e. The molecule has 0 aliphatic heterocycles. The van der Waals surface area contributed by atoms with E-state index >= 15 is 0 Å². The second kappa shape index (κ2) is 9.72. The smallest absolute Gasteiger partial charge is 0.323 e. The van der Waals surface area contributed by atoms with Gasteiger partial charge in [-0.05, 0) is 18.1 Å². The monoisotopic (exact) mass is 375 g/mol. The maximum Gasteiger partial charge on any atom is 0.323 e. The minimum atomic E-state index is -1.11. The fourth-order valence-corrected chi connectivity index (χ4v) is 2.35. The van der Waals surface area contributed by atoms with Gasteiger partial charge in [0.1, 0.15) is 6.54 Å². The van der Waals surface area contributed by atoms with E-state index in [2.05, 4.69) is 5.10 Å². The van der Waals surface area contributed by atoms with Gasteiger partial charge in [0, 0.05) is 13.7 Å². The van der Waals surface area contributed by atoms with Crippen molar-refractivity contribution in [3.05, 3.63) is 42.2 Å². The van der Waals surface area contributed by atoms with Crippen LogP contribution in [0.25, 0.3) is 5.69 Å². The summed E-state index contributed by atoms with van der Waals surface area (Å²) in [5.41, 5.74) is 0.851. The van der Waals surface area contributed by atoms with Gasteiger partial charge in [-0.1, -0.05) is 32.0 Å². The highest BCUT2D eigenvalue weighted by Crippen LogP contribution is 2.22. The quantitative estimate of drug-likeness (QED) is 0.683. The van der Waals surface area contributed by atoms with Crippen LogP contribution >= 0.6 is 0 Å². The molecule has 8 heteroatoms. The van der Waals surface area contributed by atoms with Crippen molar-refractivity contribution in [2.24, 2.45) is 5.92 Å². The minimum absolute atomic E-state index is 0.0804. The molecule has 0 saturated heterocycles. The van der Waals surface area contributed by atoms with Crippen LogP contribution in [0.3, 0.4) is 0 Å². The van der Waals surface area contributed by atoms with Crippen LogP contribution in [0.2, 0.25) is 0 Å². The van der Waals surface area contributed by atoms with E-state index in [9.17, 15) is 9.59 Å². The van der Waals surface area contributed by atoms with E-state index in [1.165, 1.54) is 12.0 Å². The first-order valence-corrected chi connectivity index (χ1v) is 8.70. The molecule has 0 atom stereocenters. The standard InChI is InChI=1S/C19H25N3O5/c1-14(2)13-27-16-11-22(15-7-5-4-6-8-15)20-18(16)19(25)21(9-10-26-3)12-17(23)24/h4-8,11,14H,9-10,12-13H2,1-3H3,(H,23,24). The van der Waals surface area contributed by atoms with Crippen LogP contribution in [0.5, 0.6) is 5.75 Å². The van der Waals surface area contributed by atoms with Crippen molar-refractivity contribution in [2.75, 3.05) is 33.4 Å². The highest BCUT2D eigenvalue weighted by atomic mass is 16.5. The maximum absolute atomic E-state index is 12.9. The molecular formula is C19H25N3O5. The van der Waals surface area contributed by atoms with Gasteiger partial charge in [-0.15, -0.1) is 0 Å². The van der Waals surface area contributed by atoms with Crippen molar-refractivity contribution in [3.8, 4) is 11.4 Å². The molecule has 0 aliphatic carbocycles. The summed E-state index contributed by atoms with van der Waals surface area (Å²) < 4.78 is 12.3. The summed E-state index contributed by atoms with van der Waals surface area (Å²) >= 11 is 0. The van der Waals surface area contributed by atoms with Crippen LogP contribution in [-0.4, -0.2) is 65.1 Å². The van der Waals surface area contributed by atoms with Gasteiger partial charge >= 0.3 is 5.97 Å². The Morgan fingerprint density at radius 1 is 1.26 bits per heavy atom. The third kappa shape index (κ3) is 5.82. The van der Waals surface area contributed by atoms with Gasteiger partial charge in [0.05, 0.1) is 25.1 Å². The van der Waals surface area contributed by atoms with Crippen molar-refractivity contribution in [2.45, 2.75) is 13.8 Å².